The van der Waals surface area contributed by atoms with Crippen LogP contribution < -0.4 is 9.46 Å². The molecule has 0 bridgehead atoms. The molecule has 0 radical (unpaired) electrons. The van der Waals surface area contributed by atoms with Gasteiger partial charge in [-0.2, -0.15) is 0 Å². The van der Waals surface area contributed by atoms with Gasteiger partial charge in [0.1, 0.15) is 5.75 Å². The van der Waals surface area contributed by atoms with Gasteiger partial charge in [0.2, 0.25) is 10.0 Å². The molecule has 0 fully saturated rings. The van der Waals surface area contributed by atoms with E-state index in [2.05, 4.69) is 4.72 Å². The minimum Gasteiger partial charge on any atom is -0.497 e. The average molecular weight is 319 g/mol. The van der Waals surface area contributed by atoms with E-state index in [-0.39, 0.29) is 0 Å². The van der Waals surface area contributed by atoms with Crippen LogP contribution in [0, 0.1) is 6.92 Å². The molecule has 0 aliphatic carbocycles. The monoisotopic (exact) mass is 319 g/mol. The van der Waals surface area contributed by atoms with Crippen molar-refractivity contribution in [3.63, 3.8) is 0 Å². The quantitative estimate of drug-likeness (QED) is 0.798. The number of aryl methyl sites for hydroxylation is 2. The molecule has 0 aromatic heterocycles. The molecule has 4 nitrogen and oxygen atoms in total. The highest BCUT2D eigenvalue weighted by atomic mass is 32.2. The minimum absolute atomic E-state index is 0.299. The second-order valence-corrected chi connectivity index (χ2v) is 6.85. The number of rotatable bonds is 7. The number of hydrogen-bond donors (Lipinski definition) is 1. The molecule has 2 aromatic carbocycles. The lowest BCUT2D eigenvalue weighted by molar-refractivity contribution is 0.414. The summed E-state index contributed by atoms with van der Waals surface area (Å²) < 4.78 is 32.4. The molecule has 0 unspecified atom stereocenters. The van der Waals surface area contributed by atoms with Crippen LogP contribution in [0.1, 0.15) is 17.5 Å². The van der Waals surface area contributed by atoms with Gasteiger partial charge in [0.05, 0.1) is 12.0 Å². The van der Waals surface area contributed by atoms with Gasteiger partial charge in [0.25, 0.3) is 0 Å². The second kappa shape index (κ2) is 7.42. The first-order valence-electron chi connectivity index (χ1n) is 7.21. The summed E-state index contributed by atoms with van der Waals surface area (Å²) in [6, 6.07) is 15.0. The van der Waals surface area contributed by atoms with Crippen LogP contribution in [-0.2, 0) is 16.4 Å². The van der Waals surface area contributed by atoms with Gasteiger partial charge in [-0.25, -0.2) is 13.1 Å². The first-order chi connectivity index (χ1) is 10.5. The lowest BCUT2D eigenvalue weighted by Crippen LogP contribution is -2.25. The van der Waals surface area contributed by atoms with Crippen LogP contribution in [0.15, 0.2) is 53.4 Å². The molecule has 0 aliphatic heterocycles. The number of benzene rings is 2. The standard InChI is InChI=1S/C17H21NO3S/c1-14-13-16(21-2)10-11-17(14)22(19,20)18-12-6-9-15-7-4-3-5-8-15/h3-5,7-8,10-11,13,18H,6,9,12H2,1-2H3. The Balaban J connectivity index is 1.94. The van der Waals surface area contributed by atoms with Crippen LogP contribution in [0.3, 0.4) is 0 Å². The number of methoxy groups -OCH3 is 1. The SMILES string of the molecule is COc1ccc(S(=O)(=O)NCCCc2ccccc2)c(C)c1. The van der Waals surface area contributed by atoms with Gasteiger partial charge in [-0.05, 0) is 49.1 Å². The van der Waals surface area contributed by atoms with E-state index in [0.29, 0.717) is 22.8 Å². The van der Waals surface area contributed by atoms with Crippen LogP contribution in [-0.4, -0.2) is 22.1 Å². The molecule has 0 saturated carbocycles. The van der Waals surface area contributed by atoms with Crippen molar-refractivity contribution < 1.29 is 13.2 Å². The van der Waals surface area contributed by atoms with E-state index < -0.39 is 10.0 Å². The molecule has 5 heteroatoms. The van der Waals surface area contributed by atoms with Crippen molar-refractivity contribution in [2.75, 3.05) is 13.7 Å². The highest BCUT2D eigenvalue weighted by molar-refractivity contribution is 7.89. The fraction of sp³-hybridized carbons (Fsp3) is 0.294. The highest BCUT2D eigenvalue weighted by Gasteiger charge is 2.16. The third-order valence-corrected chi connectivity index (χ3v) is 5.07. The summed E-state index contributed by atoms with van der Waals surface area (Å²) >= 11 is 0. The van der Waals surface area contributed by atoms with Gasteiger partial charge in [0, 0.05) is 6.54 Å². The Morgan fingerprint density at radius 1 is 1.09 bits per heavy atom. The number of nitrogens with one attached hydrogen (secondary N) is 1. The van der Waals surface area contributed by atoms with Gasteiger partial charge in [-0.15, -0.1) is 0 Å². The van der Waals surface area contributed by atoms with Gasteiger partial charge < -0.3 is 4.74 Å². The molecule has 2 aromatic rings. The smallest absolute Gasteiger partial charge is 0.240 e. The van der Waals surface area contributed by atoms with E-state index in [1.165, 1.54) is 5.56 Å². The van der Waals surface area contributed by atoms with E-state index in [0.717, 1.165) is 12.8 Å². The summed E-state index contributed by atoms with van der Waals surface area (Å²) in [5.41, 5.74) is 1.89. The molecule has 1 N–H and O–H groups in total. The molecule has 0 amide bonds. The van der Waals surface area contributed by atoms with Crippen molar-refractivity contribution in [3.05, 3.63) is 59.7 Å². The Bertz CT molecular complexity index is 712. The van der Waals surface area contributed by atoms with Crippen LogP contribution in [0.2, 0.25) is 0 Å². The topological polar surface area (TPSA) is 55.4 Å². The Morgan fingerprint density at radius 3 is 2.45 bits per heavy atom. The third-order valence-electron chi connectivity index (χ3n) is 3.45. The first kappa shape index (κ1) is 16.5. The third kappa shape index (κ3) is 4.32. The number of ether oxygens (including phenoxy) is 1. The maximum atomic E-state index is 12.3. The largest absolute Gasteiger partial charge is 0.497 e. The zero-order chi connectivity index (χ0) is 16.0. The van der Waals surface area contributed by atoms with Crippen molar-refractivity contribution in [2.24, 2.45) is 0 Å². The lowest BCUT2D eigenvalue weighted by Gasteiger charge is -2.10. The average Bonchev–Trinajstić information content (AvgIpc) is 2.52. The van der Waals surface area contributed by atoms with Crippen molar-refractivity contribution in [1.82, 2.24) is 4.72 Å². The highest BCUT2D eigenvalue weighted by Crippen LogP contribution is 2.20. The predicted molar refractivity (Wildman–Crippen MR) is 87.7 cm³/mol. The van der Waals surface area contributed by atoms with E-state index in [4.69, 9.17) is 4.74 Å². The summed E-state index contributed by atoms with van der Waals surface area (Å²) in [6.07, 6.45) is 1.61. The van der Waals surface area contributed by atoms with Crippen LogP contribution in [0.4, 0.5) is 0 Å². The van der Waals surface area contributed by atoms with Gasteiger partial charge >= 0.3 is 0 Å². The number of sulfonamides is 1. The van der Waals surface area contributed by atoms with E-state index >= 15 is 0 Å². The maximum Gasteiger partial charge on any atom is 0.240 e. The molecular weight excluding hydrogens is 298 g/mol. The van der Waals surface area contributed by atoms with Crippen molar-refractivity contribution in [3.8, 4) is 5.75 Å². The Labute approximate surface area is 132 Å². The molecule has 118 valence electrons. The Kier molecular flexibility index (Phi) is 5.57. The fourth-order valence-electron chi connectivity index (χ4n) is 2.27. The maximum absolute atomic E-state index is 12.3. The summed E-state index contributed by atoms with van der Waals surface area (Å²) in [4.78, 5) is 0.299. The Hall–Kier alpha value is -1.85. The molecule has 2 rings (SSSR count). The molecular formula is C17H21NO3S. The fourth-order valence-corrected chi connectivity index (χ4v) is 3.57. The van der Waals surface area contributed by atoms with Gasteiger partial charge in [-0.1, -0.05) is 30.3 Å². The summed E-state index contributed by atoms with van der Waals surface area (Å²) in [5, 5.41) is 0. The molecule has 0 atom stereocenters. The lowest BCUT2D eigenvalue weighted by atomic mass is 10.1. The van der Waals surface area contributed by atoms with Crippen molar-refractivity contribution in [2.45, 2.75) is 24.7 Å². The first-order valence-corrected chi connectivity index (χ1v) is 8.69. The van der Waals surface area contributed by atoms with E-state index in [9.17, 15) is 8.42 Å². The number of hydrogen-bond acceptors (Lipinski definition) is 3. The summed E-state index contributed by atoms with van der Waals surface area (Å²) in [7, 11) is -1.92. The molecule has 0 saturated heterocycles. The van der Waals surface area contributed by atoms with Crippen molar-refractivity contribution in [1.29, 1.82) is 0 Å². The predicted octanol–water partition coefficient (Wildman–Crippen LogP) is 2.91. The van der Waals surface area contributed by atoms with Crippen LogP contribution in [0.25, 0.3) is 0 Å². The molecule has 22 heavy (non-hydrogen) atoms. The van der Waals surface area contributed by atoms with Gasteiger partial charge in [-0.3, -0.25) is 0 Å². The zero-order valence-electron chi connectivity index (χ0n) is 12.9. The molecule has 0 spiro atoms. The normalized spacial score (nSPS) is 11.4. The van der Waals surface area contributed by atoms with Gasteiger partial charge in [0.15, 0.2) is 0 Å². The molecule has 0 heterocycles. The molecule has 0 aliphatic rings. The van der Waals surface area contributed by atoms with E-state index in [1.54, 1.807) is 32.2 Å². The van der Waals surface area contributed by atoms with Crippen LogP contribution in [0.5, 0.6) is 5.75 Å². The minimum atomic E-state index is -3.48. The summed E-state index contributed by atoms with van der Waals surface area (Å²) in [5.74, 6) is 0.653. The second-order valence-electron chi connectivity index (χ2n) is 5.12. The summed E-state index contributed by atoms with van der Waals surface area (Å²) in [6.45, 7) is 2.18. The zero-order valence-corrected chi connectivity index (χ0v) is 13.7. The van der Waals surface area contributed by atoms with E-state index in [1.807, 2.05) is 30.3 Å². The van der Waals surface area contributed by atoms with Crippen LogP contribution >= 0.6 is 0 Å². The Morgan fingerprint density at radius 2 is 1.82 bits per heavy atom. The van der Waals surface area contributed by atoms with Crippen molar-refractivity contribution >= 4 is 10.0 Å².